The number of amides is 2. The maximum absolute atomic E-state index is 12.0. The average Bonchev–Trinajstić information content (AvgIpc) is 2.80. The number of urea groups is 1. The number of nitrogens with zero attached hydrogens (tertiary/aromatic N) is 1. The van der Waals surface area contributed by atoms with Crippen LogP contribution in [0.1, 0.15) is 12.0 Å². The average molecular weight is 343 g/mol. The highest BCUT2D eigenvalue weighted by Crippen LogP contribution is 2.19. The molecule has 1 fully saturated rings. The van der Waals surface area contributed by atoms with Crippen LogP contribution in [0.5, 0.6) is 0 Å². The van der Waals surface area contributed by atoms with E-state index in [1.54, 1.807) is 0 Å². The Labute approximate surface area is 124 Å². The maximum atomic E-state index is 12.0. The van der Waals surface area contributed by atoms with Crippen molar-refractivity contribution in [2.75, 3.05) is 6.54 Å². The van der Waals surface area contributed by atoms with Crippen molar-refractivity contribution in [1.29, 1.82) is 0 Å². The summed E-state index contributed by atoms with van der Waals surface area (Å²) >= 11 is 3.38. The molecule has 108 valence electrons. The lowest BCUT2D eigenvalue weighted by atomic mass is 10.2. The van der Waals surface area contributed by atoms with Crippen LogP contribution in [0, 0.1) is 0 Å². The lowest BCUT2D eigenvalue weighted by Gasteiger charge is -2.21. The van der Waals surface area contributed by atoms with Gasteiger partial charge in [-0.15, -0.1) is 0 Å². The van der Waals surface area contributed by atoms with Crippen LogP contribution in [-0.4, -0.2) is 45.8 Å². The number of halogens is 1. The molecular formula is C13H15BrN2O4. The molecule has 0 aromatic heterocycles. The van der Waals surface area contributed by atoms with Gasteiger partial charge in [-0.05, 0) is 11.6 Å². The molecule has 0 radical (unpaired) electrons. The minimum Gasteiger partial charge on any atom is -0.480 e. The first-order chi connectivity index (χ1) is 9.49. The van der Waals surface area contributed by atoms with Gasteiger partial charge in [0.15, 0.2) is 0 Å². The Morgan fingerprint density at radius 2 is 2.10 bits per heavy atom. The van der Waals surface area contributed by atoms with E-state index >= 15 is 0 Å². The standard InChI is InChI=1S/C13H15BrN2O4/c14-10-4-2-1-3-8(10)6-15-13(20)16-7-9(17)5-11(16)12(18)19/h1-4,9,11,17H,5-7H2,(H,15,20)(H,18,19)/t9-,11+/m1/s1. The zero-order valence-corrected chi connectivity index (χ0v) is 12.2. The Hall–Kier alpha value is -1.60. The molecule has 3 N–H and O–H groups in total. The van der Waals surface area contributed by atoms with Crippen LogP contribution in [0.2, 0.25) is 0 Å². The highest BCUT2D eigenvalue weighted by molar-refractivity contribution is 9.10. The van der Waals surface area contributed by atoms with E-state index in [0.717, 1.165) is 14.9 Å². The van der Waals surface area contributed by atoms with Crippen LogP contribution in [0.4, 0.5) is 4.79 Å². The first-order valence-corrected chi connectivity index (χ1v) is 6.97. The Kier molecular flexibility index (Phi) is 4.61. The van der Waals surface area contributed by atoms with Crippen molar-refractivity contribution in [3.05, 3.63) is 34.3 Å². The van der Waals surface area contributed by atoms with Crippen molar-refractivity contribution >= 4 is 27.9 Å². The number of hydrogen-bond acceptors (Lipinski definition) is 3. The van der Waals surface area contributed by atoms with Crippen LogP contribution in [-0.2, 0) is 11.3 Å². The molecule has 2 rings (SSSR count). The summed E-state index contributed by atoms with van der Waals surface area (Å²) in [6.07, 6.45) is -0.720. The fraction of sp³-hybridized carbons (Fsp3) is 0.385. The summed E-state index contributed by atoms with van der Waals surface area (Å²) in [4.78, 5) is 24.2. The van der Waals surface area contributed by atoms with Crippen LogP contribution in [0.3, 0.4) is 0 Å². The first-order valence-electron chi connectivity index (χ1n) is 6.17. The van der Waals surface area contributed by atoms with Gasteiger partial charge in [0.2, 0.25) is 0 Å². The molecule has 20 heavy (non-hydrogen) atoms. The Balaban J connectivity index is 1.98. The Bertz CT molecular complexity index is 523. The molecule has 1 aromatic carbocycles. The van der Waals surface area contributed by atoms with Gasteiger partial charge >= 0.3 is 12.0 Å². The van der Waals surface area contributed by atoms with Gasteiger partial charge in [0, 0.05) is 24.0 Å². The van der Waals surface area contributed by atoms with Crippen molar-refractivity contribution < 1.29 is 19.8 Å². The number of hydrogen-bond donors (Lipinski definition) is 3. The van der Waals surface area contributed by atoms with Crippen molar-refractivity contribution in [2.45, 2.75) is 25.1 Å². The second kappa shape index (κ2) is 6.23. The van der Waals surface area contributed by atoms with Crippen molar-refractivity contribution in [2.24, 2.45) is 0 Å². The Morgan fingerprint density at radius 1 is 1.40 bits per heavy atom. The molecular weight excluding hydrogens is 328 g/mol. The number of β-amino-alcohol motifs (C(OH)–C–C–N with tert-alkyl or cyclic N) is 1. The minimum atomic E-state index is -1.10. The Morgan fingerprint density at radius 3 is 2.75 bits per heavy atom. The van der Waals surface area contributed by atoms with E-state index < -0.39 is 24.1 Å². The van der Waals surface area contributed by atoms with E-state index in [1.165, 1.54) is 0 Å². The molecule has 6 nitrogen and oxygen atoms in total. The van der Waals surface area contributed by atoms with E-state index in [9.17, 15) is 14.7 Å². The molecule has 1 heterocycles. The van der Waals surface area contributed by atoms with E-state index in [1.807, 2.05) is 24.3 Å². The number of aliphatic carboxylic acids is 1. The van der Waals surface area contributed by atoms with E-state index in [4.69, 9.17) is 5.11 Å². The zero-order valence-electron chi connectivity index (χ0n) is 10.6. The SMILES string of the molecule is O=C(O)[C@@H]1C[C@@H](O)CN1C(=O)NCc1ccccc1Br. The molecule has 1 saturated heterocycles. The molecule has 0 unspecified atom stereocenters. The summed E-state index contributed by atoms with van der Waals surface area (Å²) in [5, 5.41) is 21.2. The fourth-order valence-corrected chi connectivity index (χ4v) is 2.61. The summed E-state index contributed by atoms with van der Waals surface area (Å²) in [5.74, 6) is -1.10. The van der Waals surface area contributed by atoms with E-state index in [0.29, 0.717) is 6.54 Å². The summed E-state index contributed by atoms with van der Waals surface area (Å²) in [7, 11) is 0. The molecule has 2 atom stereocenters. The number of carbonyl (C=O) groups excluding carboxylic acids is 1. The van der Waals surface area contributed by atoms with Crippen molar-refractivity contribution in [3.63, 3.8) is 0 Å². The number of aliphatic hydroxyl groups excluding tert-OH is 1. The lowest BCUT2D eigenvalue weighted by Crippen LogP contribution is -2.45. The third kappa shape index (κ3) is 3.29. The third-order valence-electron chi connectivity index (χ3n) is 3.21. The predicted molar refractivity (Wildman–Crippen MR) is 75.1 cm³/mol. The van der Waals surface area contributed by atoms with E-state index in [2.05, 4.69) is 21.2 Å². The van der Waals surface area contributed by atoms with Gasteiger partial charge in [-0.2, -0.15) is 0 Å². The number of nitrogens with one attached hydrogen (secondary N) is 1. The van der Waals surface area contributed by atoms with Gasteiger partial charge in [-0.25, -0.2) is 9.59 Å². The molecule has 1 aliphatic rings. The highest BCUT2D eigenvalue weighted by atomic mass is 79.9. The number of carbonyl (C=O) groups is 2. The lowest BCUT2D eigenvalue weighted by molar-refractivity contribution is -0.141. The predicted octanol–water partition coefficient (Wildman–Crippen LogP) is 1.18. The van der Waals surface area contributed by atoms with Crippen molar-refractivity contribution in [1.82, 2.24) is 10.2 Å². The molecule has 0 aliphatic carbocycles. The van der Waals surface area contributed by atoms with Crippen LogP contribution in [0.25, 0.3) is 0 Å². The number of likely N-dealkylation sites (tertiary alicyclic amines) is 1. The van der Waals surface area contributed by atoms with Crippen LogP contribution in [0.15, 0.2) is 28.7 Å². The summed E-state index contributed by atoms with van der Waals surface area (Å²) in [6, 6.07) is 5.99. The molecule has 0 saturated carbocycles. The molecule has 0 spiro atoms. The smallest absolute Gasteiger partial charge is 0.326 e. The monoisotopic (exact) mass is 342 g/mol. The van der Waals surface area contributed by atoms with Crippen LogP contribution < -0.4 is 5.32 Å². The number of carboxylic acids is 1. The summed E-state index contributed by atoms with van der Waals surface area (Å²) in [6.45, 7) is 0.331. The number of aliphatic hydroxyl groups is 1. The second-order valence-electron chi connectivity index (χ2n) is 4.65. The molecule has 1 aliphatic heterocycles. The van der Waals surface area contributed by atoms with Crippen molar-refractivity contribution in [3.8, 4) is 0 Å². The number of rotatable bonds is 3. The van der Waals surface area contributed by atoms with Gasteiger partial charge in [-0.3, -0.25) is 0 Å². The third-order valence-corrected chi connectivity index (χ3v) is 3.99. The molecule has 7 heteroatoms. The molecule has 2 amide bonds. The quantitative estimate of drug-likeness (QED) is 0.769. The van der Waals surface area contributed by atoms with Gasteiger partial charge < -0.3 is 20.4 Å². The normalized spacial score (nSPS) is 21.8. The minimum absolute atomic E-state index is 0.0404. The topological polar surface area (TPSA) is 89.9 Å². The largest absolute Gasteiger partial charge is 0.480 e. The number of benzene rings is 1. The molecule has 0 bridgehead atoms. The van der Waals surface area contributed by atoms with Gasteiger partial charge in [0.05, 0.1) is 6.10 Å². The summed E-state index contributed by atoms with van der Waals surface area (Å²) < 4.78 is 0.872. The van der Waals surface area contributed by atoms with Crippen LogP contribution >= 0.6 is 15.9 Å². The maximum Gasteiger partial charge on any atom is 0.326 e. The summed E-state index contributed by atoms with van der Waals surface area (Å²) in [5.41, 5.74) is 0.896. The van der Waals surface area contributed by atoms with E-state index in [-0.39, 0.29) is 13.0 Å². The van der Waals surface area contributed by atoms with Gasteiger partial charge in [0.25, 0.3) is 0 Å². The first kappa shape index (κ1) is 14.8. The fourth-order valence-electron chi connectivity index (χ4n) is 2.19. The van der Waals surface area contributed by atoms with Gasteiger partial charge in [0.1, 0.15) is 6.04 Å². The zero-order chi connectivity index (χ0) is 14.7. The highest BCUT2D eigenvalue weighted by Gasteiger charge is 2.38. The number of carboxylic acid groups (broad SMARTS) is 1. The van der Waals surface area contributed by atoms with Gasteiger partial charge in [-0.1, -0.05) is 34.1 Å². The second-order valence-corrected chi connectivity index (χ2v) is 5.50. The molecule has 1 aromatic rings.